The summed E-state index contributed by atoms with van der Waals surface area (Å²) in [4.78, 5) is 45.0. The fourth-order valence-electron chi connectivity index (χ4n) is 6.79. The Kier molecular flexibility index (Phi) is 6.68. The summed E-state index contributed by atoms with van der Waals surface area (Å²) < 4.78 is 18.5. The first kappa shape index (κ1) is 28.6. The number of piperazine rings is 1. The number of rotatable bonds is 4. The van der Waals surface area contributed by atoms with Crippen molar-refractivity contribution >= 4 is 39.3 Å². The molecule has 2 N–H and O–H groups in total. The number of hydrogen-bond donors (Lipinski definition) is 2. The van der Waals surface area contributed by atoms with Crippen LogP contribution in [0.4, 0.5) is 15.9 Å². The van der Waals surface area contributed by atoms with Crippen molar-refractivity contribution in [1.82, 2.24) is 34.6 Å². The van der Waals surface area contributed by atoms with E-state index in [0.717, 1.165) is 22.0 Å². The van der Waals surface area contributed by atoms with Crippen LogP contribution in [-0.2, 0) is 4.79 Å². The number of carbonyl (C=O) groups excluding carboxylic acids is 1. The molecular formula is C33H34FN9O2. The smallest absolute Gasteiger partial charge is 0.355 e. The number of nitrogens with one attached hydrogen (secondary N) is 2. The number of benzene rings is 1. The Hall–Kier alpha value is -5.13. The summed E-state index contributed by atoms with van der Waals surface area (Å²) in [7, 11) is 0. The zero-order valence-electron chi connectivity index (χ0n) is 25.8. The summed E-state index contributed by atoms with van der Waals surface area (Å²) in [5.41, 5.74) is 4.30. The molecule has 4 aromatic heterocycles. The molecule has 0 bridgehead atoms. The van der Waals surface area contributed by atoms with Crippen LogP contribution in [0.1, 0.15) is 43.5 Å². The van der Waals surface area contributed by atoms with Crippen LogP contribution in [0.15, 0.2) is 48.0 Å². The second-order valence-electron chi connectivity index (χ2n) is 12.2. The molecule has 1 amide bonds. The van der Waals surface area contributed by atoms with Gasteiger partial charge in [0.25, 0.3) is 0 Å². The van der Waals surface area contributed by atoms with Crippen LogP contribution < -0.4 is 15.9 Å². The molecule has 7 rings (SSSR count). The first-order valence-electron chi connectivity index (χ1n) is 15.1. The average molecular weight is 608 g/mol. The number of amides is 1. The molecule has 0 saturated carbocycles. The molecule has 2 unspecified atom stereocenters. The third-order valence-electron chi connectivity index (χ3n) is 9.03. The lowest BCUT2D eigenvalue weighted by Crippen LogP contribution is -2.60. The minimum absolute atomic E-state index is 0.0163. The molecule has 2 aliphatic rings. The Labute approximate surface area is 258 Å². The molecule has 230 valence electrons. The highest BCUT2D eigenvalue weighted by Crippen LogP contribution is 2.42. The molecule has 2 atom stereocenters. The van der Waals surface area contributed by atoms with Gasteiger partial charge < -0.3 is 15.1 Å². The van der Waals surface area contributed by atoms with Crippen molar-refractivity contribution in [3.05, 3.63) is 76.4 Å². The molecule has 12 heteroatoms. The van der Waals surface area contributed by atoms with E-state index < -0.39 is 11.5 Å². The van der Waals surface area contributed by atoms with E-state index in [0.29, 0.717) is 47.8 Å². The molecular weight excluding hydrogens is 573 g/mol. The quantitative estimate of drug-likeness (QED) is 0.284. The standard InChI is InChI=1S/C33H34FN9O2/c1-7-23(44)41-15-20-12-36-28-25-31(42(20)14-19(41)6)39-33(45)43(30-18(5)10-11-35-27(30)16(2)3)32(25)38-29(26(28)34)24-17(4)8-9-22-21(24)13-37-40-22/h7-11,13,16,19-20,36H,1,12,14-15H2,2-6H3,(H,37,40). The van der Waals surface area contributed by atoms with E-state index in [1.165, 1.54) is 10.6 Å². The fraction of sp³-hybridized carbons (Fsp3) is 0.333. The fourth-order valence-corrected chi connectivity index (χ4v) is 6.79. The zero-order valence-corrected chi connectivity index (χ0v) is 25.8. The lowest BCUT2D eigenvalue weighted by atomic mass is 9.99. The number of aryl methyl sites for hydroxylation is 2. The van der Waals surface area contributed by atoms with Gasteiger partial charge in [0.15, 0.2) is 11.5 Å². The van der Waals surface area contributed by atoms with Crippen molar-refractivity contribution in [1.29, 1.82) is 0 Å². The number of aromatic amines is 1. The molecule has 5 aromatic rings. The van der Waals surface area contributed by atoms with Gasteiger partial charge in [-0.2, -0.15) is 10.1 Å². The number of aromatic nitrogens is 6. The van der Waals surface area contributed by atoms with Gasteiger partial charge in [0.2, 0.25) is 5.91 Å². The van der Waals surface area contributed by atoms with E-state index in [1.54, 1.807) is 17.3 Å². The predicted molar refractivity (Wildman–Crippen MR) is 173 cm³/mol. The number of fused-ring (bicyclic) bond motifs is 3. The van der Waals surface area contributed by atoms with E-state index >= 15 is 4.39 Å². The highest BCUT2D eigenvalue weighted by atomic mass is 19.1. The predicted octanol–water partition coefficient (Wildman–Crippen LogP) is 4.62. The topological polar surface area (TPSA) is 125 Å². The number of pyridine rings is 2. The van der Waals surface area contributed by atoms with Crippen LogP contribution >= 0.6 is 0 Å². The van der Waals surface area contributed by atoms with E-state index in [-0.39, 0.29) is 40.9 Å². The third kappa shape index (κ3) is 4.30. The Morgan fingerprint density at radius 1 is 1.16 bits per heavy atom. The van der Waals surface area contributed by atoms with Gasteiger partial charge >= 0.3 is 5.69 Å². The summed E-state index contributed by atoms with van der Waals surface area (Å²) in [5, 5.41) is 11.6. The monoisotopic (exact) mass is 607 g/mol. The van der Waals surface area contributed by atoms with Crippen molar-refractivity contribution in [3.63, 3.8) is 0 Å². The van der Waals surface area contributed by atoms with E-state index in [4.69, 9.17) is 4.98 Å². The highest BCUT2D eigenvalue weighted by molar-refractivity contribution is 6.04. The number of halogens is 1. The largest absolute Gasteiger partial charge is 0.380 e. The molecule has 0 radical (unpaired) electrons. The Morgan fingerprint density at radius 3 is 2.71 bits per heavy atom. The Balaban J connectivity index is 1.59. The van der Waals surface area contributed by atoms with Gasteiger partial charge in [-0.05, 0) is 56.0 Å². The van der Waals surface area contributed by atoms with Crippen molar-refractivity contribution < 1.29 is 9.18 Å². The van der Waals surface area contributed by atoms with Gasteiger partial charge in [0, 0.05) is 42.8 Å². The molecule has 1 aromatic carbocycles. The molecule has 0 spiro atoms. The first-order valence-corrected chi connectivity index (χ1v) is 15.1. The van der Waals surface area contributed by atoms with E-state index in [9.17, 15) is 9.59 Å². The van der Waals surface area contributed by atoms with Crippen LogP contribution in [0.2, 0.25) is 0 Å². The lowest BCUT2D eigenvalue weighted by molar-refractivity contribution is -0.128. The van der Waals surface area contributed by atoms with Crippen molar-refractivity contribution in [2.75, 3.05) is 29.9 Å². The van der Waals surface area contributed by atoms with Crippen LogP contribution in [0.3, 0.4) is 0 Å². The Bertz CT molecular complexity index is 2100. The molecule has 11 nitrogen and oxygen atoms in total. The zero-order chi connectivity index (χ0) is 31.7. The van der Waals surface area contributed by atoms with Gasteiger partial charge in [-0.3, -0.25) is 14.9 Å². The number of H-pyrrole nitrogens is 1. The van der Waals surface area contributed by atoms with Gasteiger partial charge in [-0.25, -0.2) is 18.7 Å². The molecule has 1 fully saturated rings. The van der Waals surface area contributed by atoms with E-state index in [1.807, 2.05) is 57.7 Å². The second kappa shape index (κ2) is 10.5. The minimum atomic E-state index is -0.550. The Morgan fingerprint density at radius 2 is 1.96 bits per heavy atom. The van der Waals surface area contributed by atoms with Crippen LogP contribution in [0, 0.1) is 19.7 Å². The molecule has 1 saturated heterocycles. The van der Waals surface area contributed by atoms with Gasteiger partial charge in [0.1, 0.15) is 11.5 Å². The number of anilines is 2. The molecule has 45 heavy (non-hydrogen) atoms. The van der Waals surface area contributed by atoms with Crippen molar-refractivity contribution in [2.45, 2.75) is 52.6 Å². The maximum Gasteiger partial charge on any atom is 0.355 e. The normalized spacial score (nSPS) is 17.8. The maximum absolute atomic E-state index is 17.1. The number of carbonyl (C=O) groups is 1. The van der Waals surface area contributed by atoms with Crippen molar-refractivity contribution in [2.24, 2.45) is 0 Å². The highest BCUT2D eigenvalue weighted by Gasteiger charge is 2.39. The van der Waals surface area contributed by atoms with Crippen LogP contribution in [0.5, 0.6) is 0 Å². The number of nitrogens with zero attached hydrogens (tertiary/aromatic N) is 7. The summed E-state index contributed by atoms with van der Waals surface area (Å²) in [6, 6.07) is 5.16. The van der Waals surface area contributed by atoms with E-state index in [2.05, 4.69) is 32.1 Å². The first-order chi connectivity index (χ1) is 21.6. The third-order valence-corrected chi connectivity index (χ3v) is 9.03. The SMILES string of the molecule is C=CC(=O)N1CC2CNc3c(F)c(-c4c(C)ccc5[nH]ncc45)nc4c3c(nc(=O)n4-c3c(C)ccnc3C(C)C)N2CC1C. The summed E-state index contributed by atoms with van der Waals surface area (Å²) in [6.07, 6.45) is 4.69. The summed E-state index contributed by atoms with van der Waals surface area (Å²) >= 11 is 0. The maximum atomic E-state index is 17.1. The van der Waals surface area contributed by atoms with Gasteiger partial charge in [-0.15, -0.1) is 0 Å². The van der Waals surface area contributed by atoms with Gasteiger partial charge in [0.05, 0.1) is 40.2 Å². The molecule has 2 aliphatic heterocycles. The minimum Gasteiger partial charge on any atom is -0.380 e. The van der Waals surface area contributed by atoms with Crippen LogP contribution in [-0.4, -0.2) is 72.2 Å². The number of hydrogen-bond acceptors (Lipinski definition) is 8. The average Bonchev–Trinajstić information content (AvgIpc) is 3.43. The second-order valence-corrected chi connectivity index (χ2v) is 12.2. The van der Waals surface area contributed by atoms with Gasteiger partial charge in [-0.1, -0.05) is 26.5 Å². The summed E-state index contributed by atoms with van der Waals surface area (Å²) in [5.74, 6) is -0.397. The van der Waals surface area contributed by atoms with Crippen LogP contribution in [0.25, 0.3) is 38.9 Å². The van der Waals surface area contributed by atoms with Crippen molar-refractivity contribution in [3.8, 4) is 16.9 Å². The summed E-state index contributed by atoms with van der Waals surface area (Å²) in [6.45, 7) is 14.5. The molecule has 6 heterocycles. The lowest BCUT2D eigenvalue weighted by Gasteiger charge is -2.45. The molecule has 0 aliphatic carbocycles.